The van der Waals surface area contributed by atoms with Crippen molar-refractivity contribution in [2.75, 3.05) is 12.4 Å². The number of methoxy groups -OCH3 is 1. The fourth-order valence-electron chi connectivity index (χ4n) is 2.99. The predicted octanol–water partition coefficient (Wildman–Crippen LogP) is 5.46. The summed E-state index contributed by atoms with van der Waals surface area (Å²) in [4.78, 5) is 8.86. The maximum absolute atomic E-state index is 5.95. The van der Waals surface area contributed by atoms with E-state index in [2.05, 4.69) is 21.2 Å². The Morgan fingerprint density at radius 3 is 2.48 bits per heavy atom. The molecule has 0 amide bonds. The highest BCUT2D eigenvalue weighted by Crippen LogP contribution is 2.30. The standard InChI is InChI=1S/C24H19N3O2/c1-4-23-26-21-15-19(28-3)11-12-20(21)24(27-23)25-17-10-13-22(16(2)14-17)29-18-8-6-5-7-9-18/h1,5-15H,2-3H3,(H,25,26,27). The zero-order valence-corrected chi connectivity index (χ0v) is 16.1. The third-order valence-electron chi connectivity index (χ3n) is 4.44. The van der Waals surface area contributed by atoms with Gasteiger partial charge >= 0.3 is 0 Å². The quantitative estimate of drug-likeness (QED) is 0.465. The van der Waals surface area contributed by atoms with Crippen molar-refractivity contribution in [1.29, 1.82) is 0 Å². The minimum Gasteiger partial charge on any atom is -0.497 e. The van der Waals surface area contributed by atoms with Crippen molar-refractivity contribution < 1.29 is 9.47 Å². The number of rotatable bonds is 5. The fraction of sp³-hybridized carbons (Fsp3) is 0.0833. The molecule has 1 aromatic heterocycles. The number of anilines is 2. The lowest BCUT2D eigenvalue weighted by molar-refractivity contribution is 0.415. The molecule has 1 N–H and O–H groups in total. The van der Waals surface area contributed by atoms with Crippen molar-refractivity contribution >= 4 is 22.4 Å². The molecule has 5 nitrogen and oxygen atoms in total. The first-order chi connectivity index (χ1) is 14.2. The number of ether oxygens (including phenoxy) is 2. The number of para-hydroxylation sites is 1. The molecular formula is C24H19N3O2. The lowest BCUT2D eigenvalue weighted by Crippen LogP contribution is -2.00. The lowest BCUT2D eigenvalue weighted by atomic mass is 10.2. The van der Waals surface area contributed by atoms with Crippen molar-refractivity contribution in [2.24, 2.45) is 0 Å². The minimum absolute atomic E-state index is 0.314. The van der Waals surface area contributed by atoms with Crippen LogP contribution >= 0.6 is 0 Å². The van der Waals surface area contributed by atoms with Gasteiger partial charge in [-0.1, -0.05) is 18.2 Å². The summed E-state index contributed by atoms with van der Waals surface area (Å²) in [6, 6.07) is 21.2. The van der Waals surface area contributed by atoms with Gasteiger partial charge in [0.05, 0.1) is 12.6 Å². The van der Waals surface area contributed by atoms with Gasteiger partial charge in [0.1, 0.15) is 23.1 Å². The second-order valence-electron chi connectivity index (χ2n) is 6.44. The van der Waals surface area contributed by atoms with Crippen LogP contribution in [0.4, 0.5) is 11.5 Å². The summed E-state index contributed by atoms with van der Waals surface area (Å²) in [5.41, 5.74) is 2.59. The maximum atomic E-state index is 5.95. The summed E-state index contributed by atoms with van der Waals surface area (Å²) in [7, 11) is 1.62. The molecule has 0 saturated carbocycles. The van der Waals surface area contributed by atoms with E-state index >= 15 is 0 Å². The van der Waals surface area contributed by atoms with Gasteiger partial charge in [-0.05, 0) is 60.9 Å². The van der Waals surface area contributed by atoms with Crippen LogP contribution in [0.25, 0.3) is 10.9 Å². The van der Waals surface area contributed by atoms with Gasteiger partial charge in [0.15, 0.2) is 0 Å². The molecular weight excluding hydrogens is 362 g/mol. The summed E-state index contributed by atoms with van der Waals surface area (Å²) < 4.78 is 11.2. The SMILES string of the molecule is C#Cc1nc(Nc2ccc(Oc3ccccc3)c(C)c2)c2ccc(OC)cc2n1. The summed E-state index contributed by atoms with van der Waals surface area (Å²) >= 11 is 0. The van der Waals surface area contributed by atoms with E-state index in [0.29, 0.717) is 17.4 Å². The van der Waals surface area contributed by atoms with E-state index in [1.54, 1.807) is 7.11 Å². The van der Waals surface area contributed by atoms with Crippen molar-refractivity contribution in [3.63, 3.8) is 0 Å². The average Bonchev–Trinajstić information content (AvgIpc) is 2.75. The monoisotopic (exact) mass is 381 g/mol. The molecule has 29 heavy (non-hydrogen) atoms. The van der Waals surface area contributed by atoms with Gasteiger partial charge in [-0.15, -0.1) is 6.42 Å². The zero-order chi connectivity index (χ0) is 20.2. The highest BCUT2D eigenvalue weighted by atomic mass is 16.5. The van der Waals surface area contributed by atoms with Crippen LogP contribution in [0.5, 0.6) is 17.2 Å². The Balaban J connectivity index is 1.66. The lowest BCUT2D eigenvalue weighted by Gasteiger charge is -2.13. The zero-order valence-electron chi connectivity index (χ0n) is 16.1. The molecule has 0 aliphatic rings. The molecule has 0 atom stereocenters. The van der Waals surface area contributed by atoms with Crippen molar-refractivity contribution in [3.8, 4) is 29.6 Å². The van der Waals surface area contributed by atoms with E-state index in [1.807, 2.05) is 73.7 Å². The molecule has 142 valence electrons. The Morgan fingerprint density at radius 2 is 1.76 bits per heavy atom. The largest absolute Gasteiger partial charge is 0.497 e. The summed E-state index contributed by atoms with van der Waals surface area (Å²) in [5.74, 6) is 5.77. The van der Waals surface area contributed by atoms with E-state index < -0.39 is 0 Å². The summed E-state index contributed by atoms with van der Waals surface area (Å²) in [6.07, 6.45) is 5.54. The Hall–Kier alpha value is -4.04. The molecule has 5 heteroatoms. The molecule has 4 rings (SSSR count). The Morgan fingerprint density at radius 1 is 0.931 bits per heavy atom. The second-order valence-corrected chi connectivity index (χ2v) is 6.44. The molecule has 0 aliphatic heterocycles. The van der Waals surface area contributed by atoms with Gasteiger partial charge in [-0.25, -0.2) is 9.97 Å². The molecule has 0 radical (unpaired) electrons. The number of nitrogens with one attached hydrogen (secondary N) is 1. The molecule has 3 aromatic carbocycles. The maximum Gasteiger partial charge on any atom is 0.207 e. The van der Waals surface area contributed by atoms with Crippen LogP contribution in [-0.2, 0) is 0 Å². The topological polar surface area (TPSA) is 56.3 Å². The normalized spacial score (nSPS) is 10.4. The molecule has 1 heterocycles. The van der Waals surface area contributed by atoms with Crippen LogP contribution in [0.15, 0.2) is 66.7 Å². The van der Waals surface area contributed by atoms with Crippen molar-refractivity contribution in [3.05, 3.63) is 78.1 Å². The Bertz CT molecular complexity index is 1210. The van der Waals surface area contributed by atoms with Crippen LogP contribution in [0, 0.1) is 19.3 Å². The molecule has 0 fully saturated rings. The molecule has 0 aliphatic carbocycles. The predicted molar refractivity (Wildman–Crippen MR) is 115 cm³/mol. The number of nitrogens with zero attached hydrogens (tertiary/aromatic N) is 2. The molecule has 4 aromatic rings. The van der Waals surface area contributed by atoms with Crippen LogP contribution in [0.2, 0.25) is 0 Å². The van der Waals surface area contributed by atoms with Gasteiger partial charge in [0.2, 0.25) is 5.82 Å². The third kappa shape index (κ3) is 3.97. The van der Waals surface area contributed by atoms with E-state index in [9.17, 15) is 0 Å². The second kappa shape index (κ2) is 7.91. The summed E-state index contributed by atoms with van der Waals surface area (Å²) in [6.45, 7) is 2.00. The van der Waals surface area contributed by atoms with Gasteiger partial charge in [-0.2, -0.15) is 0 Å². The summed E-state index contributed by atoms with van der Waals surface area (Å²) in [5, 5.41) is 4.20. The first kappa shape index (κ1) is 18.3. The van der Waals surface area contributed by atoms with Crippen molar-refractivity contribution in [2.45, 2.75) is 6.92 Å². The van der Waals surface area contributed by atoms with E-state index in [-0.39, 0.29) is 0 Å². The van der Waals surface area contributed by atoms with E-state index in [4.69, 9.17) is 15.9 Å². The fourth-order valence-corrected chi connectivity index (χ4v) is 2.99. The minimum atomic E-state index is 0.314. The first-order valence-corrected chi connectivity index (χ1v) is 9.09. The number of aromatic nitrogens is 2. The van der Waals surface area contributed by atoms with Crippen molar-refractivity contribution in [1.82, 2.24) is 9.97 Å². The average molecular weight is 381 g/mol. The van der Waals surface area contributed by atoms with E-state index in [0.717, 1.165) is 33.7 Å². The van der Waals surface area contributed by atoms with Crippen LogP contribution in [0.3, 0.4) is 0 Å². The number of hydrogen-bond acceptors (Lipinski definition) is 5. The van der Waals surface area contributed by atoms with Crippen LogP contribution < -0.4 is 14.8 Å². The van der Waals surface area contributed by atoms with Gasteiger partial charge in [0.25, 0.3) is 0 Å². The number of fused-ring (bicyclic) bond motifs is 1. The number of aryl methyl sites for hydroxylation is 1. The highest BCUT2D eigenvalue weighted by Gasteiger charge is 2.10. The van der Waals surface area contributed by atoms with E-state index in [1.165, 1.54) is 0 Å². The Labute approximate surface area is 169 Å². The number of terminal acetylenes is 1. The first-order valence-electron chi connectivity index (χ1n) is 9.09. The van der Waals surface area contributed by atoms with Gasteiger partial charge in [-0.3, -0.25) is 0 Å². The van der Waals surface area contributed by atoms with Gasteiger partial charge < -0.3 is 14.8 Å². The molecule has 0 spiro atoms. The molecule has 0 unspecified atom stereocenters. The smallest absolute Gasteiger partial charge is 0.207 e. The highest BCUT2D eigenvalue weighted by molar-refractivity contribution is 5.92. The van der Waals surface area contributed by atoms with Gasteiger partial charge in [0, 0.05) is 17.1 Å². The molecule has 0 saturated heterocycles. The Kier molecular flexibility index (Phi) is 5.00. The van der Waals surface area contributed by atoms with Crippen LogP contribution in [0.1, 0.15) is 11.4 Å². The number of hydrogen-bond donors (Lipinski definition) is 1. The van der Waals surface area contributed by atoms with Crippen LogP contribution in [-0.4, -0.2) is 17.1 Å². The third-order valence-corrected chi connectivity index (χ3v) is 4.44. The number of benzene rings is 3. The molecule has 0 bridgehead atoms.